The van der Waals surface area contributed by atoms with Gasteiger partial charge in [-0.1, -0.05) is 13.0 Å². The number of para-hydroxylation sites is 1. The minimum atomic E-state index is 0.252. The number of hydrogen-bond donors (Lipinski definition) is 1. The molecule has 0 spiro atoms. The summed E-state index contributed by atoms with van der Waals surface area (Å²) in [5, 5.41) is 0. The number of hydrogen-bond acceptors (Lipinski definition) is 4. The van der Waals surface area contributed by atoms with Crippen LogP contribution in [-0.4, -0.2) is 29.1 Å². The van der Waals surface area contributed by atoms with Crippen molar-refractivity contribution in [3.8, 4) is 0 Å². The molecule has 0 saturated carbocycles. The van der Waals surface area contributed by atoms with Gasteiger partial charge in [0.25, 0.3) is 0 Å². The van der Waals surface area contributed by atoms with Crippen molar-refractivity contribution in [3.05, 3.63) is 30.6 Å². The maximum Gasteiger partial charge on any atom is 0.112 e. The van der Waals surface area contributed by atoms with Gasteiger partial charge >= 0.3 is 0 Å². The fourth-order valence-corrected chi connectivity index (χ4v) is 2.42. The van der Waals surface area contributed by atoms with Crippen molar-refractivity contribution in [3.63, 3.8) is 0 Å². The number of benzene rings is 1. The average molecular weight is 228 g/mol. The summed E-state index contributed by atoms with van der Waals surface area (Å²) in [7, 11) is 0. The zero-order valence-electron chi connectivity index (χ0n) is 9.87. The number of fused-ring (bicyclic) bond motifs is 1. The number of anilines is 1. The SMILES string of the molecule is C[C@@H]1CN(c2cccc3nccnc23)C[C@@H]1N. The van der Waals surface area contributed by atoms with Crippen LogP contribution >= 0.6 is 0 Å². The third-order valence-electron chi connectivity index (χ3n) is 3.49. The Balaban J connectivity index is 2.06. The Bertz CT molecular complexity index is 524. The van der Waals surface area contributed by atoms with Crippen molar-refractivity contribution in [2.24, 2.45) is 11.7 Å². The maximum absolute atomic E-state index is 6.07. The lowest BCUT2D eigenvalue weighted by atomic mass is 10.1. The van der Waals surface area contributed by atoms with E-state index in [1.807, 2.05) is 12.1 Å². The summed E-state index contributed by atoms with van der Waals surface area (Å²) in [5.41, 5.74) is 9.13. The highest BCUT2D eigenvalue weighted by atomic mass is 15.2. The Labute approximate surface area is 100 Å². The Kier molecular flexibility index (Phi) is 2.44. The van der Waals surface area contributed by atoms with E-state index in [1.54, 1.807) is 12.4 Å². The molecule has 2 aromatic rings. The summed E-state index contributed by atoms with van der Waals surface area (Å²) >= 11 is 0. The first kappa shape index (κ1) is 10.5. The van der Waals surface area contributed by atoms with E-state index in [0.29, 0.717) is 5.92 Å². The maximum atomic E-state index is 6.07. The molecule has 0 aliphatic carbocycles. The first-order valence-electron chi connectivity index (χ1n) is 5.96. The predicted octanol–water partition coefficient (Wildman–Crippen LogP) is 1.41. The summed E-state index contributed by atoms with van der Waals surface area (Å²) < 4.78 is 0. The average Bonchev–Trinajstić information content (AvgIpc) is 2.69. The molecule has 1 fully saturated rings. The van der Waals surface area contributed by atoms with E-state index in [9.17, 15) is 0 Å². The van der Waals surface area contributed by atoms with Crippen LogP contribution in [0.25, 0.3) is 11.0 Å². The summed E-state index contributed by atoms with van der Waals surface area (Å²) in [4.78, 5) is 11.1. The second-order valence-electron chi connectivity index (χ2n) is 4.75. The van der Waals surface area contributed by atoms with E-state index in [-0.39, 0.29) is 6.04 Å². The van der Waals surface area contributed by atoms with Crippen LogP contribution in [0.4, 0.5) is 5.69 Å². The second kappa shape index (κ2) is 3.96. The highest BCUT2D eigenvalue weighted by Crippen LogP contribution is 2.28. The lowest BCUT2D eigenvalue weighted by Crippen LogP contribution is -2.28. The van der Waals surface area contributed by atoms with Gasteiger partial charge in [0, 0.05) is 31.5 Å². The van der Waals surface area contributed by atoms with Gasteiger partial charge in [-0.2, -0.15) is 0 Å². The van der Waals surface area contributed by atoms with Crippen molar-refractivity contribution in [2.45, 2.75) is 13.0 Å². The second-order valence-corrected chi connectivity index (χ2v) is 4.75. The molecule has 0 amide bonds. The fourth-order valence-electron chi connectivity index (χ4n) is 2.42. The Hall–Kier alpha value is -1.68. The Morgan fingerprint density at radius 3 is 2.82 bits per heavy atom. The molecule has 88 valence electrons. The topological polar surface area (TPSA) is 55.0 Å². The molecule has 2 heterocycles. The summed E-state index contributed by atoms with van der Waals surface area (Å²) in [6.07, 6.45) is 3.47. The lowest BCUT2D eigenvalue weighted by Gasteiger charge is -2.19. The van der Waals surface area contributed by atoms with Gasteiger partial charge in [-0.25, -0.2) is 0 Å². The largest absolute Gasteiger partial charge is 0.368 e. The van der Waals surface area contributed by atoms with Gasteiger partial charge in [0.1, 0.15) is 5.52 Å². The summed E-state index contributed by atoms with van der Waals surface area (Å²) in [6, 6.07) is 6.37. The smallest absolute Gasteiger partial charge is 0.112 e. The van der Waals surface area contributed by atoms with Crippen LogP contribution in [0, 0.1) is 5.92 Å². The molecule has 1 aromatic heterocycles. The minimum Gasteiger partial charge on any atom is -0.368 e. The van der Waals surface area contributed by atoms with Crippen LogP contribution in [0.15, 0.2) is 30.6 Å². The molecule has 0 bridgehead atoms. The molecule has 2 N–H and O–H groups in total. The van der Waals surface area contributed by atoms with Crippen LogP contribution in [0.5, 0.6) is 0 Å². The molecule has 0 unspecified atom stereocenters. The zero-order valence-corrected chi connectivity index (χ0v) is 9.87. The highest BCUT2D eigenvalue weighted by molar-refractivity contribution is 5.88. The van der Waals surface area contributed by atoms with Crippen LogP contribution in [0.3, 0.4) is 0 Å². The van der Waals surface area contributed by atoms with Crippen LogP contribution in [0.1, 0.15) is 6.92 Å². The first-order valence-corrected chi connectivity index (χ1v) is 5.96. The quantitative estimate of drug-likeness (QED) is 0.802. The highest BCUT2D eigenvalue weighted by Gasteiger charge is 2.27. The minimum absolute atomic E-state index is 0.252. The van der Waals surface area contributed by atoms with Gasteiger partial charge in [-0.3, -0.25) is 9.97 Å². The number of nitrogens with two attached hydrogens (primary N) is 1. The van der Waals surface area contributed by atoms with E-state index in [0.717, 1.165) is 29.8 Å². The Morgan fingerprint density at radius 2 is 2.06 bits per heavy atom. The third-order valence-corrected chi connectivity index (χ3v) is 3.49. The van der Waals surface area contributed by atoms with E-state index >= 15 is 0 Å². The molecule has 4 nitrogen and oxygen atoms in total. The van der Waals surface area contributed by atoms with Crippen molar-refractivity contribution in [1.29, 1.82) is 0 Å². The van der Waals surface area contributed by atoms with E-state index in [2.05, 4.69) is 27.9 Å². The standard InChI is InChI=1S/C13H16N4/c1-9-7-17(8-10(9)14)12-4-2-3-11-13(12)16-6-5-15-11/h2-6,9-10H,7-8,14H2,1H3/t9-,10+/m1/s1. The van der Waals surface area contributed by atoms with Gasteiger partial charge in [0.2, 0.25) is 0 Å². The number of aromatic nitrogens is 2. The van der Waals surface area contributed by atoms with E-state index in [4.69, 9.17) is 5.73 Å². The summed E-state index contributed by atoms with van der Waals surface area (Å²) in [6.45, 7) is 4.09. The van der Waals surface area contributed by atoms with Gasteiger partial charge < -0.3 is 10.6 Å². The molecule has 1 aliphatic rings. The third kappa shape index (κ3) is 1.74. The van der Waals surface area contributed by atoms with E-state index in [1.165, 1.54) is 0 Å². The molecule has 1 aromatic carbocycles. The normalized spacial score (nSPS) is 24.5. The van der Waals surface area contributed by atoms with Gasteiger partial charge in [-0.15, -0.1) is 0 Å². The molecule has 4 heteroatoms. The Morgan fingerprint density at radius 1 is 1.24 bits per heavy atom. The summed E-state index contributed by atoms with van der Waals surface area (Å²) in [5.74, 6) is 0.530. The van der Waals surface area contributed by atoms with E-state index < -0.39 is 0 Å². The molecular weight excluding hydrogens is 212 g/mol. The van der Waals surface area contributed by atoms with Crippen molar-refractivity contribution in [2.75, 3.05) is 18.0 Å². The van der Waals surface area contributed by atoms with Crippen molar-refractivity contribution in [1.82, 2.24) is 9.97 Å². The molecular formula is C13H16N4. The van der Waals surface area contributed by atoms with Gasteiger partial charge in [0.05, 0.1) is 11.2 Å². The fraction of sp³-hybridized carbons (Fsp3) is 0.385. The zero-order chi connectivity index (χ0) is 11.8. The molecule has 1 aliphatic heterocycles. The predicted molar refractivity (Wildman–Crippen MR) is 68.9 cm³/mol. The van der Waals surface area contributed by atoms with Crippen molar-refractivity contribution < 1.29 is 0 Å². The molecule has 0 radical (unpaired) electrons. The van der Waals surface area contributed by atoms with Gasteiger partial charge in [0.15, 0.2) is 0 Å². The number of rotatable bonds is 1. The first-order chi connectivity index (χ1) is 8.25. The molecule has 2 atom stereocenters. The van der Waals surface area contributed by atoms with Crippen LogP contribution in [0.2, 0.25) is 0 Å². The monoisotopic (exact) mass is 228 g/mol. The molecule has 1 saturated heterocycles. The number of nitrogens with zero attached hydrogens (tertiary/aromatic N) is 3. The van der Waals surface area contributed by atoms with Crippen molar-refractivity contribution >= 4 is 16.7 Å². The lowest BCUT2D eigenvalue weighted by molar-refractivity contribution is 0.566. The molecule has 3 rings (SSSR count). The molecule has 17 heavy (non-hydrogen) atoms. The van der Waals surface area contributed by atoms with Crippen LogP contribution < -0.4 is 10.6 Å². The van der Waals surface area contributed by atoms with Gasteiger partial charge in [-0.05, 0) is 18.1 Å². The van der Waals surface area contributed by atoms with Crippen LogP contribution in [-0.2, 0) is 0 Å².